The van der Waals surface area contributed by atoms with Crippen LogP contribution in [0.5, 0.6) is 0 Å². The standard InChI is InChI=1S/C24H29N3S/c1-5-21-28(25(2)22-15-9-6-10-16-22,26(3)23-17-11-7-12-18-23)27(4)24-19-13-8-14-20-24/h5-20H,1,21H2,2-4H3. The lowest BCUT2D eigenvalue weighted by atomic mass is 10.3. The summed E-state index contributed by atoms with van der Waals surface area (Å²) in [5.74, 6) is 0.829. The van der Waals surface area contributed by atoms with E-state index in [-0.39, 0.29) is 0 Å². The first kappa shape index (κ1) is 19.9. The van der Waals surface area contributed by atoms with Crippen LogP contribution in [0.3, 0.4) is 0 Å². The van der Waals surface area contributed by atoms with Gasteiger partial charge in [0.05, 0.1) is 0 Å². The van der Waals surface area contributed by atoms with Gasteiger partial charge < -0.3 is 12.9 Å². The first-order valence-corrected chi connectivity index (χ1v) is 11.1. The number of nitrogens with zero attached hydrogens (tertiary/aromatic N) is 3. The summed E-state index contributed by atoms with van der Waals surface area (Å²) >= 11 is 0. The summed E-state index contributed by atoms with van der Waals surface area (Å²) < 4.78 is 7.23. The fourth-order valence-electron chi connectivity index (χ4n) is 3.46. The number of anilines is 3. The zero-order chi connectivity index (χ0) is 20.0. The molecule has 3 aromatic rings. The first-order chi connectivity index (χ1) is 13.6. The number of hydrogen-bond donors (Lipinski definition) is 0. The quantitative estimate of drug-likeness (QED) is 0.428. The SMILES string of the molecule is C=CCS(N(C)c1ccccc1)(N(C)c1ccccc1)N(C)c1ccccc1. The molecule has 0 radical (unpaired) electrons. The number of benzene rings is 3. The van der Waals surface area contributed by atoms with Crippen LogP contribution >= 0.6 is 10.6 Å². The van der Waals surface area contributed by atoms with Crippen molar-refractivity contribution in [3.8, 4) is 0 Å². The van der Waals surface area contributed by atoms with Gasteiger partial charge in [-0.3, -0.25) is 0 Å². The Morgan fingerprint density at radius 2 is 0.893 bits per heavy atom. The van der Waals surface area contributed by atoms with Crippen molar-refractivity contribution in [3.05, 3.63) is 104 Å². The molecular formula is C24H29N3S. The molecule has 0 amide bonds. The van der Waals surface area contributed by atoms with E-state index in [1.165, 1.54) is 17.1 Å². The monoisotopic (exact) mass is 391 g/mol. The lowest BCUT2D eigenvalue weighted by molar-refractivity contribution is 1.17. The molecule has 0 saturated carbocycles. The second-order valence-corrected chi connectivity index (χ2v) is 9.83. The Kier molecular flexibility index (Phi) is 6.32. The highest BCUT2D eigenvalue weighted by Crippen LogP contribution is 2.59. The van der Waals surface area contributed by atoms with E-state index in [0.717, 1.165) is 5.75 Å². The van der Waals surface area contributed by atoms with Crippen LogP contribution in [0.1, 0.15) is 0 Å². The Labute approximate surface area is 171 Å². The van der Waals surface area contributed by atoms with Gasteiger partial charge in [0.25, 0.3) is 0 Å². The first-order valence-electron chi connectivity index (χ1n) is 9.40. The maximum absolute atomic E-state index is 4.11. The van der Waals surface area contributed by atoms with Crippen molar-refractivity contribution in [1.29, 1.82) is 0 Å². The van der Waals surface area contributed by atoms with E-state index in [1.54, 1.807) is 0 Å². The smallest absolute Gasteiger partial charge is 0.0481 e. The second kappa shape index (κ2) is 8.89. The number of hydrogen-bond acceptors (Lipinski definition) is 3. The van der Waals surface area contributed by atoms with Gasteiger partial charge in [-0.1, -0.05) is 60.7 Å². The number of para-hydroxylation sites is 3. The van der Waals surface area contributed by atoms with Gasteiger partial charge in [-0.05, 0) is 47.0 Å². The van der Waals surface area contributed by atoms with Gasteiger partial charge in [0, 0.05) is 44.0 Å². The molecule has 0 spiro atoms. The Balaban J connectivity index is 2.19. The molecule has 0 atom stereocenters. The van der Waals surface area contributed by atoms with Gasteiger partial charge in [0.2, 0.25) is 0 Å². The molecule has 0 aliphatic carbocycles. The summed E-state index contributed by atoms with van der Waals surface area (Å²) in [5, 5.41) is 0. The Hall–Kier alpha value is -2.85. The topological polar surface area (TPSA) is 9.72 Å². The van der Waals surface area contributed by atoms with Gasteiger partial charge in [0.1, 0.15) is 0 Å². The second-order valence-electron chi connectivity index (χ2n) is 6.59. The van der Waals surface area contributed by atoms with Crippen molar-refractivity contribution < 1.29 is 0 Å². The largest absolute Gasteiger partial charge is 0.306 e. The molecule has 3 rings (SSSR count). The van der Waals surface area contributed by atoms with Gasteiger partial charge in [-0.15, -0.1) is 6.58 Å². The zero-order valence-electron chi connectivity index (χ0n) is 16.9. The maximum atomic E-state index is 4.11. The van der Waals surface area contributed by atoms with Crippen molar-refractivity contribution in [2.45, 2.75) is 0 Å². The third-order valence-electron chi connectivity index (χ3n) is 5.02. The van der Waals surface area contributed by atoms with Gasteiger partial charge in [-0.25, -0.2) is 0 Å². The van der Waals surface area contributed by atoms with E-state index in [9.17, 15) is 0 Å². The van der Waals surface area contributed by atoms with Crippen LogP contribution in [0.4, 0.5) is 17.1 Å². The van der Waals surface area contributed by atoms with E-state index in [4.69, 9.17) is 0 Å². The molecule has 0 saturated heterocycles. The summed E-state index contributed by atoms with van der Waals surface area (Å²) in [6, 6.07) is 31.7. The minimum atomic E-state index is -1.66. The summed E-state index contributed by atoms with van der Waals surface area (Å²) in [6.07, 6.45) is 2.04. The maximum Gasteiger partial charge on any atom is 0.0481 e. The van der Waals surface area contributed by atoms with Gasteiger partial charge in [0.15, 0.2) is 0 Å². The predicted octanol–water partition coefficient (Wildman–Crippen LogP) is 6.13. The van der Waals surface area contributed by atoms with Crippen LogP contribution in [0, 0.1) is 0 Å². The van der Waals surface area contributed by atoms with Gasteiger partial charge in [-0.2, -0.15) is 0 Å². The molecule has 4 heteroatoms. The molecule has 0 aliphatic heterocycles. The van der Waals surface area contributed by atoms with E-state index < -0.39 is 10.6 Å². The molecule has 0 N–H and O–H groups in total. The fourth-order valence-corrected chi connectivity index (χ4v) is 6.93. The van der Waals surface area contributed by atoms with Crippen molar-refractivity contribution in [1.82, 2.24) is 0 Å². The minimum absolute atomic E-state index is 0.829. The molecule has 3 nitrogen and oxygen atoms in total. The van der Waals surface area contributed by atoms with Crippen LogP contribution in [0.15, 0.2) is 104 Å². The molecule has 0 heterocycles. The molecule has 0 fully saturated rings. The van der Waals surface area contributed by atoms with Gasteiger partial charge >= 0.3 is 0 Å². The lowest BCUT2D eigenvalue weighted by Gasteiger charge is -2.59. The van der Waals surface area contributed by atoms with Crippen LogP contribution in [-0.4, -0.2) is 26.9 Å². The lowest BCUT2D eigenvalue weighted by Crippen LogP contribution is -2.47. The van der Waals surface area contributed by atoms with Crippen LogP contribution in [-0.2, 0) is 0 Å². The highest BCUT2D eigenvalue weighted by atomic mass is 32.3. The van der Waals surface area contributed by atoms with Crippen LogP contribution < -0.4 is 12.9 Å². The summed E-state index contributed by atoms with van der Waals surface area (Å²) in [4.78, 5) is 0. The molecule has 0 aromatic heterocycles. The third kappa shape index (κ3) is 3.73. The number of rotatable bonds is 8. The van der Waals surface area contributed by atoms with Crippen molar-refractivity contribution in [3.63, 3.8) is 0 Å². The van der Waals surface area contributed by atoms with Crippen molar-refractivity contribution in [2.75, 3.05) is 39.8 Å². The molecular weight excluding hydrogens is 362 g/mol. The summed E-state index contributed by atoms with van der Waals surface area (Å²) in [6.45, 7) is 4.11. The molecule has 0 aliphatic rings. The molecule has 28 heavy (non-hydrogen) atoms. The van der Waals surface area contributed by atoms with Crippen LogP contribution in [0.25, 0.3) is 0 Å². The molecule has 146 valence electrons. The highest BCUT2D eigenvalue weighted by Gasteiger charge is 2.37. The van der Waals surface area contributed by atoms with Crippen LogP contribution in [0.2, 0.25) is 0 Å². The fraction of sp³-hybridized carbons (Fsp3) is 0.167. The highest BCUT2D eigenvalue weighted by molar-refractivity contribution is 8.36. The minimum Gasteiger partial charge on any atom is -0.306 e. The third-order valence-corrected chi connectivity index (χ3v) is 8.96. The van der Waals surface area contributed by atoms with E-state index in [0.29, 0.717) is 0 Å². The molecule has 0 unspecified atom stereocenters. The predicted molar refractivity (Wildman–Crippen MR) is 127 cm³/mol. The average molecular weight is 392 g/mol. The summed E-state index contributed by atoms with van der Waals surface area (Å²) in [7, 11) is 4.90. The van der Waals surface area contributed by atoms with Crippen molar-refractivity contribution >= 4 is 27.6 Å². The van der Waals surface area contributed by atoms with E-state index >= 15 is 0 Å². The Morgan fingerprint density at radius 1 is 0.607 bits per heavy atom. The molecule has 3 aromatic carbocycles. The average Bonchev–Trinajstić information content (AvgIpc) is 2.78. The van der Waals surface area contributed by atoms with E-state index in [2.05, 4.69) is 132 Å². The molecule has 0 bridgehead atoms. The van der Waals surface area contributed by atoms with E-state index in [1.807, 2.05) is 6.08 Å². The Bertz CT molecular complexity index is 757. The van der Waals surface area contributed by atoms with Crippen molar-refractivity contribution in [2.24, 2.45) is 0 Å². The normalized spacial score (nSPS) is 11.5. The Morgan fingerprint density at radius 3 is 1.14 bits per heavy atom. The summed E-state index contributed by atoms with van der Waals surface area (Å²) in [5.41, 5.74) is 3.56. The zero-order valence-corrected chi connectivity index (χ0v) is 17.7.